The molecule has 0 saturated carbocycles. The smallest absolute Gasteiger partial charge is 0.322 e. The number of aromatic nitrogens is 2. The van der Waals surface area contributed by atoms with E-state index in [4.69, 9.17) is 10.6 Å². The van der Waals surface area contributed by atoms with Crippen LogP contribution in [0.3, 0.4) is 0 Å². The van der Waals surface area contributed by atoms with Crippen LogP contribution in [0.25, 0.3) is 0 Å². The second-order valence-corrected chi connectivity index (χ2v) is 7.80. The minimum Gasteiger partial charge on any atom is -0.328 e. The summed E-state index contributed by atoms with van der Waals surface area (Å²) in [6.45, 7) is 4.43. The van der Waals surface area contributed by atoms with Crippen molar-refractivity contribution >= 4 is 17.6 Å². The van der Waals surface area contributed by atoms with E-state index in [1.54, 1.807) is 29.6 Å². The number of halogens is 1. The summed E-state index contributed by atoms with van der Waals surface area (Å²) in [7, 11) is 1.55. The van der Waals surface area contributed by atoms with E-state index in [9.17, 15) is 14.0 Å². The molecule has 1 aromatic heterocycles. The standard InChI is InChI=1S/C20H25FN6O3/c1-11-6-13(4-5-16(11)21)23-20(29)26-10-15-17(7-12(26)2)24-27-9-14(8-22)30-25(3)19(28)18(15)27/h4-6,12,14H,7-10,22H2,1-3H3,(H,23,29)/t12-,14+/m1/s1. The van der Waals surface area contributed by atoms with E-state index in [-0.39, 0.29) is 43.0 Å². The second kappa shape index (κ2) is 7.69. The number of nitrogens with zero attached hydrogens (tertiary/aromatic N) is 4. The average molecular weight is 416 g/mol. The van der Waals surface area contributed by atoms with Crippen molar-refractivity contribution in [1.82, 2.24) is 19.7 Å². The van der Waals surface area contributed by atoms with Crippen molar-refractivity contribution in [3.8, 4) is 0 Å². The van der Waals surface area contributed by atoms with Gasteiger partial charge in [0, 0.05) is 37.3 Å². The van der Waals surface area contributed by atoms with Gasteiger partial charge in [-0.05, 0) is 37.6 Å². The molecule has 0 spiro atoms. The molecule has 2 aliphatic rings. The Kier molecular flexibility index (Phi) is 5.20. The summed E-state index contributed by atoms with van der Waals surface area (Å²) < 4.78 is 15.2. The van der Waals surface area contributed by atoms with Gasteiger partial charge in [-0.15, -0.1) is 0 Å². The zero-order chi connectivity index (χ0) is 21.6. The molecular formula is C20H25FN6O3. The molecule has 0 bridgehead atoms. The van der Waals surface area contributed by atoms with Crippen LogP contribution in [0.2, 0.25) is 0 Å². The molecule has 3 N–H and O–H groups in total. The van der Waals surface area contributed by atoms with Crippen molar-refractivity contribution in [3.05, 3.63) is 46.5 Å². The topological polar surface area (TPSA) is 106 Å². The highest BCUT2D eigenvalue weighted by molar-refractivity contribution is 5.94. The van der Waals surface area contributed by atoms with Crippen molar-refractivity contribution in [3.63, 3.8) is 0 Å². The molecule has 2 atom stereocenters. The lowest BCUT2D eigenvalue weighted by Crippen LogP contribution is -2.45. The monoisotopic (exact) mass is 416 g/mol. The number of urea groups is 1. The normalized spacial score (nSPS) is 21.2. The molecule has 2 aromatic rings. The summed E-state index contributed by atoms with van der Waals surface area (Å²) in [5.41, 5.74) is 8.66. The largest absolute Gasteiger partial charge is 0.328 e. The van der Waals surface area contributed by atoms with Crippen LogP contribution in [0.15, 0.2) is 18.2 Å². The van der Waals surface area contributed by atoms with E-state index in [2.05, 4.69) is 10.4 Å². The van der Waals surface area contributed by atoms with Gasteiger partial charge in [0.05, 0.1) is 18.8 Å². The lowest BCUT2D eigenvalue weighted by molar-refractivity contribution is -0.144. The van der Waals surface area contributed by atoms with Crippen molar-refractivity contribution in [2.75, 3.05) is 18.9 Å². The van der Waals surface area contributed by atoms with Crippen LogP contribution in [0.4, 0.5) is 14.9 Å². The fraction of sp³-hybridized carbons (Fsp3) is 0.450. The van der Waals surface area contributed by atoms with E-state index in [0.717, 1.165) is 11.3 Å². The van der Waals surface area contributed by atoms with Crippen LogP contribution in [-0.4, -0.2) is 57.4 Å². The van der Waals surface area contributed by atoms with Crippen molar-refractivity contribution < 1.29 is 18.8 Å². The summed E-state index contributed by atoms with van der Waals surface area (Å²) in [6, 6.07) is 4.00. The Balaban J connectivity index is 1.61. The second-order valence-electron chi connectivity index (χ2n) is 7.80. The molecule has 160 valence electrons. The number of hydrogen-bond donors (Lipinski definition) is 2. The first-order valence-electron chi connectivity index (χ1n) is 9.85. The van der Waals surface area contributed by atoms with E-state index < -0.39 is 0 Å². The van der Waals surface area contributed by atoms with E-state index in [0.29, 0.717) is 29.9 Å². The molecule has 3 heterocycles. The van der Waals surface area contributed by atoms with E-state index in [1.165, 1.54) is 17.2 Å². The summed E-state index contributed by atoms with van der Waals surface area (Å²) in [6.07, 6.45) is 0.163. The Hall–Kier alpha value is -2.98. The molecule has 9 nitrogen and oxygen atoms in total. The van der Waals surface area contributed by atoms with Gasteiger partial charge in [-0.1, -0.05) is 0 Å². The van der Waals surface area contributed by atoms with Crippen LogP contribution in [-0.2, 0) is 24.3 Å². The third kappa shape index (κ3) is 3.52. The predicted octanol–water partition coefficient (Wildman–Crippen LogP) is 1.65. The Bertz CT molecular complexity index is 1010. The highest BCUT2D eigenvalue weighted by Gasteiger charge is 2.37. The average Bonchev–Trinajstić information content (AvgIpc) is 2.99. The zero-order valence-electron chi connectivity index (χ0n) is 17.2. The Morgan fingerprint density at radius 3 is 2.90 bits per heavy atom. The van der Waals surface area contributed by atoms with Gasteiger partial charge in [0.1, 0.15) is 17.6 Å². The van der Waals surface area contributed by atoms with Gasteiger partial charge >= 0.3 is 6.03 Å². The Morgan fingerprint density at radius 1 is 1.43 bits per heavy atom. The summed E-state index contributed by atoms with van der Waals surface area (Å²) in [5, 5.41) is 8.62. The number of anilines is 1. The first kappa shape index (κ1) is 20.3. The summed E-state index contributed by atoms with van der Waals surface area (Å²) in [5.74, 6) is -0.643. The fourth-order valence-corrected chi connectivity index (χ4v) is 3.92. The minimum atomic E-state index is -0.361. The minimum absolute atomic E-state index is 0.118. The van der Waals surface area contributed by atoms with Gasteiger partial charge in [-0.2, -0.15) is 5.10 Å². The van der Waals surface area contributed by atoms with Crippen LogP contribution >= 0.6 is 0 Å². The van der Waals surface area contributed by atoms with Crippen molar-refractivity contribution in [2.45, 2.75) is 45.5 Å². The first-order chi connectivity index (χ1) is 14.3. The predicted molar refractivity (Wildman–Crippen MR) is 107 cm³/mol. The Morgan fingerprint density at radius 2 is 2.20 bits per heavy atom. The molecule has 30 heavy (non-hydrogen) atoms. The van der Waals surface area contributed by atoms with Crippen molar-refractivity contribution in [2.24, 2.45) is 5.73 Å². The van der Waals surface area contributed by atoms with Gasteiger partial charge in [0.2, 0.25) is 0 Å². The molecule has 0 unspecified atom stereocenters. The highest BCUT2D eigenvalue weighted by atomic mass is 19.1. The Labute approximate surface area is 173 Å². The maximum absolute atomic E-state index is 13.5. The summed E-state index contributed by atoms with van der Waals surface area (Å²) in [4.78, 5) is 33.1. The van der Waals surface area contributed by atoms with E-state index >= 15 is 0 Å². The number of carbonyl (C=O) groups excluding carboxylic acids is 2. The zero-order valence-corrected chi connectivity index (χ0v) is 17.2. The van der Waals surface area contributed by atoms with Crippen LogP contribution in [0.1, 0.15) is 34.2 Å². The van der Waals surface area contributed by atoms with Crippen LogP contribution < -0.4 is 11.1 Å². The maximum atomic E-state index is 13.5. The third-order valence-corrected chi connectivity index (χ3v) is 5.59. The number of fused-ring (bicyclic) bond motifs is 3. The lowest BCUT2D eigenvalue weighted by Gasteiger charge is -2.33. The number of hydroxylamine groups is 2. The molecule has 0 saturated heterocycles. The number of amides is 3. The lowest BCUT2D eigenvalue weighted by atomic mass is 9.99. The fourth-order valence-electron chi connectivity index (χ4n) is 3.92. The van der Waals surface area contributed by atoms with Gasteiger partial charge in [0.15, 0.2) is 0 Å². The van der Waals surface area contributed by atoms with Gasteiger partial charge < -0.3 is 16.0 Å². The quantitative estimate of drug-likeness (QED) is 0.775. The molecule has 0 fully saturated rings. The number of hydrogen-bond acceptors (Lipinski definition) is 5. The molecule has 0 aliphatic carbocycles. The molecule has 0 radical (unpaired) electrons. The molecular weight excluding hydrogens is 391 g/mol. The summed E-state index contributed by atoms with van der Waals surface area (Å²) >= 11 is 0. The number of aryl methyl sites for hydroxylation is 1. The third-order valence-electron chi connectivity index (χ3n) is 5.59. The first-order valence-corrected chi connectivity index (χ1v) is 9.85. The van der Waals surface area contributed by atoms with Crippen LogP contribution in [0, 0.1) is 12.7 Å². The SMILES string of the molecule is Cc1cc(NC(=O)N2Cc3c(nn4c3C(=O)N(C)O[C@@H](CN)C4)C[C@H]2C)ccc1F. The van der Waals surface area contributed by atoms with Crippen LogP contribution in [0.5, 0.6) is 0 Å². The van der Waals surface area contributed by atoms with E-state index in [1.807, 2.05) is 6.92 Å². The number of nitrogens with one attached hydrogen (secondary N) is 1. The van der Waals surface area contributed by atoms with Crippen molar-refractivity contribution in [1.29, 1.82) is 0 Å². The molecule has 4 rings (SSSR count). The molecule has 2 aliphatic heterocycles. The number of nitrogens with two attached hydrogens (primary N) is 1. The molecule has 1 aromatic carbocycles. The number of benzene rings is 1. The molecule has 10 heteroatoms. The molecule has 3 amide bonds. The van der Waals surface area contributed by atoms with Gasteiger partial charge in [-0.25, -0.2) is 14.2 Å². The van der Waals surface area contributed by atoms with Gasteiger partial charge in [0.25, 0.3) is 5.91 Å². The maximum Gasteiger partial charge on any atom is 0.322 e. The number of carbonyl (C=O) groups is 2. The highest BCUT2D eigenvalue weighted by Crippen LogP contribution is 2.29. The number of rotatable bonds is 2. The van der Waals surface area contributed by atoms with Gasteiger partial charge in [-0.3, -0.25) is 14.3 Å².